The summed E-state index contributed by atoms with van der Waals surface area (Å²) >= 11 is 3.66. The van der Waals surface area contributed by atoms with Crippen LogP contribution in [0.1, 0.15) is 24.8 Å². The fourth-order valence-electron chi connectivity index (χ4n) is 5.11. The lowest BCUT2D eigenvalue weighted by molar-refractivity contribution is 0.119. The summed E-state index contributed by atoms with van der Waals surface area (Å²) in [6, 6.07) is 4.28. The minimum atomic E-state index is -1.01. The van der Waals surface area contributed by atoms with Crippen LogP contribution in [0.25, 0.3) is 10.9 Å². The summed E-state index contributed by atoms with van der Waals surface area (Å²) in [7, 11) is 2.10. The maximum absolute atomic E-state index is 11.7. The molecule has 34 heavy (non-hydrogen) atoms. The predicted molar refractivity (Wildman–Crippen MR) is 129 cm³/mol. The van der Waals surface area contributed by atoms with Gasteiger partial charge in [0.25, 0.3) is 0 Å². The van der Waals surface area contributed by atoms with Gasteiger partial charge in [0, 0.05) is 42.1 Å². The molecule has 2 unspecified atom stereocenters. The van der Waals surface area contributed by atoms with Crippen LogP contribution in [-0.4, -0.2) is 89.5 Å². The van der Waals surface area contributed by atoms with Gasteiger partial charge >= 0.3 is 12.1 Å². The minimum Gasteiger partial charge on any atom is -0.492 e. The molecular formula is C23H27BrN6O4. The molecule has 0 bridgehead atoms. The van der Waals surface area contributed by atoms with Gasteiger partial charge in [-0.25, -0.2) is 4.79 Å². The molecule has 0 radical (unpaired) electrons. The molecule has 2 saturated heterocycles. The average molecular weight is 531 g/mol. The van der Waals surface area contributed by atoms with E-state index in [4.69, 9.17) is 19.4 Å². The zero-order chi connectivity index (χ0) is 23.8. The highest BCUT2D eigenvalue weighted by Crippen LogP contribution is 2.43. The van der Waals surface area contributed by atoms with E-state index >= 15 is 0 Å². The lowest BCUT2D eigenvalue weighted by Gasteiger charge is -2.40. The summed E-state index contributed by atoms with van der Waals surface area (Å²) in [4.78, 5) is 26.9. The predicted octanol–water partition coefficient (Wildman–Crippen LogP) is 2.88. The van der Waals surface area contributed by atoms with Crippen LogP contribution in [-0.2, 0) is 6.42 Å². The van der Waals surface area contributed by atoms with Crippen molar-refractivity contribution < 1.29 is 19.4 Å². The number of carboxylic acid groups (broad SMARTS) is 1. The molecule has 5 rings (SSSR count). The second-order valence-electron chi connectivity index (χ2n) is 9.01. The Balaban J connectivity index is 1.54. The Morgan fingerprint density at radius 1 is 1.35 bits per heavy atom. The van der Waals surface area contributed by atoms with Gasteiger partial charge in [-0.3, -0.25) is 0 Å². The lowest BCUT2D eigenvalue weighted by Crippen LogP contribution is -2.55. The molecule has 10 nitrogen and oxygen atoms in total. The first-order valence-corrected chi connectivity index (χ1v) is 12.4. The largest absolute Gasteiger partial charge is 0.492 e. The summed E-state index contributed by atoms with van der Waals surface area (Å²) in [6.07, 6.45) is 2.13. The lowest BCUT2D eigenvalue weighted by atomic mass is 10.1. The number of nitriles is 1. The van der Waals surface area contributed by atoms with E-state index in [-0.39, 0.29) is 13.0 Å². The first-order valence-electron chi connectivity index (χ1n) is 11.6. The fraction of sp³-hybridized carbons (Fsp3) is 0.565. The Morgan fingerprint density at radius 2 is 2.21 bits per heavy atom. The van der Waals surface area contributed by atoms with Crippen LogP contribution in [0, 0.1) is 11.3 Å². The van der Waals surface area contributed by atoms with Crippen LogP contribution < -0.4 is 14.4 Å². The molecule has 180 valence electrons. The molecule has 4 heterocycles. The molecule has 3 aliphatic heterocycles. The number of likely N-dealkylation sites (tertiary alicyclic amines) is 1. The first-order chi connectivity index (χ1) is 16.5. The number of benzene rings is 1. The number of piperazine rings is 1. The first kappa shape index (κ1) is 22.9. The van der Waals surface area contributed by atoms with Crippen molar-refractivity contribution in [1.82, 2.24) is 19.8 Å². The Hall–Kier alpha value is -2.84. The number of carbonyl (C=O) groups is 1. The van der Waals surface area contributed by atoms with Crippen molar-refractivity contribution in [3.05, 3.63) is 16.1 Å². The zero-order valence-electron chi connectivity index (χ0n) is 19.0. The van der Waals surface area contributed by atoms with Crippen LogP contribution in [0.4, 0.5) is 10.6 Å². The van der Waals surface area contributed by atoms with E-state index in [1.54, 1.807) is 0 Å². The molecule has 0 saturated carbocycles. The van der Waals surface area contributed by atoms with Gasteiger partial charge in [-0.15, -0.1) is 0 Å². The number of nitrogens with zero attached hydrogens (tertiary/aromatic N) is 6. The number of ether oxygens (including phenoxy) is 2. The third-order valence-electron chi connectivity index (χ3n) is 6.98. The van der Waals surface area contributed by atoms with E-state index in [0.29, 0.717) is 49.7 Å². The van der Waals surface area contributed by atoms with Gasteiger partial charge in [-0.1, -0.05) is 15.9 Å². The average Bonchev–Trinajstić information content (AvgIpc) is 3.46. The van der Waals surface area contributed by atoms with Gasteiger partial charge in [0.05, 0.1) is 36.0 Å². The summed E-state index contributed by atoms with van der Waals surface area (Å²) in [6.45, 7) is 3.26. The number of halogens is 1. The Bertz CT molecular complexity index is 1150. The van der Waals surface area contributed by atoms with Crippen molar-refractivity contribution in [3.8, 4) is 17.8 Å². The number of hydrogen-bond donors (Lipinski definition) is 1. The highest BCUT2D eigenvalue weighted by molar-refractivity contribution is 9.10. The Morgan fingerprint density at radius 3 is 2.94 bits per heavy atom. The number of amides is 1. The van der Waals surface area contributed by atoms with Crippen molar-refractivity contribution in [3.63, 3.8) is 0 Å². The highest BCUT2D eigenvalue weighted by atomic mass is 79.9. The second kappa shape index (κ2) is 9.43. The SMILES string of the molecule is CN1CCCC1COc1nc(N2CCN(C(=O)O)C(CC#N)C2)c2c3c(c(Br)cc2n1)CCO3. The standard InChI is InChI=1S/C23H27BrN6O4/c1-28-7-2-3-15(28)13-34-22-26-18-11-17(24)16-5-10-33-20(16)19(18)21(27-22)29-8-9-30(23(31)32)14(12-29)4-6-25/h11,14-15H,2-5,7-10,12-13H2,1H3,(H,31,32). The third kappa shape index (κ3) is 4.20. The van der Waals surface area contributed by atoms with Crippen molar-refractivity contribution in [2.45, 2.75) is 37.8 Å². The topological polar surface area (TPSA) is 115 Å². The van der Waals surface area contributed by atoms with Crippen LogP contribution in [0.3, 0.4) is 0 Å². The third-order valence-corrected chi connectivity index (χ3v) is 7.69. The molecular weight excluding hydrogens is 504 g/mol. The second-order valence-corrected chi connectivity index (χ2v) is 9.87. The van der Waals surface area contributed by atoms with E-state index in [0.717, 1.165) is 47.0 Å². The van der Waals surface area contributed by atoms with E-state index in [1.165, 1.54) is 4.90 Å². The van der Waals surface area contributed by atoms with Crippen LogP contribution in [0.5, 0.6) is 11.8 Å². The van der Waals surface area contributed by atoms with Crippen molar-refractivity contribution in [1.29, 1.82) is 5.26 Å². The Kier molecular flexibility index (Phi) is 6.36. The van der Waals surface area contributed by atoms with E-state index in [2.05, 4.69) is 33.9 Å². The van der Waals surface area contributed by atoms with Gasteiger partial charge in [0.15, 0.2) is 0 Å². The minimum absolute atomic E-state index is 0.114. The molecule has 11 heteroatoms. The van der Waals surface area contributed by atoms with Crippen molar-refractivity contribution in [2.24, 2.45) is 0 Å². The quantitative estimate of drug-likeness (QED) is 0.622. The number of hydrogen-bond acceptors (Lipinski definition) is 8. The number of aromatic nitrogens is 2. The maximum atomic E-state index is 11.7. The smallest absolute Gasteiger partial charge is 0.407 e. The number of anilines is 1. The molecule has 1 aromatic carbocycles. The number of rotatable bonds is 5. The zero-order valence-corrected chi connectivity index (χ0v) is 20.6. The van der Waals surface area contributed by atoms with Gasteiger partial charge in [-0.05, 0) is 32.5 Å². The molecule has 1 amide bonds. The Labute approximate surface area is 206 Å². The van der Waals surface area contributed by atoms with Crippen LogP contribution in [0.2, 0.25) is 0 Å². The van der Waals surface area contributed by atoms with Crippen molar-refractivity contribution >= 4 is 38.7 Å². The fourth-order valence-corrected chi connectivity index (χ4v) is 5.71. The molecule has 3 aliphatic rings. The van der Waals surface area contributed by atoms with Gasteiger partial charge in [0.2, 0.25) is 0 Å². The summed E-state index contributed by atoms with van der Waals surface area (Å²) in [5, 5.41) is 19.7. The van der Waals surface area contributed by atoms with E-state index in [9.17, 15) is 15.2 Å². The van der Waals surface area contributed by atoms with Gasteiger partial charge in [-0.2, -0.15) is 15.2 Å². The number of likely N-dealkylation sites (N-methyl/N-ethyl adjacent to an activating group) is 1. The number of fused-ring (bicyclic) bond motifs is 3. The molecule has 2 aromatic rings. The van der Waals surface area contributed by atoms with Gasteiger partial charge < -0.3 is 29.3 Å². The maximum Gasteiger partial charge on any atom is 0.407 e. The molecule has 1 aromatic heterocycles. The van der Waals surface area contributed by atoms with Crippen LogP contribution in [0.15, 0.2) is 10.5 Å². The van der Waals surface area contributed by atoms with E-state index < -0.39 is 12.1 Å². The summed E-state index contributed by atoms with van der Waals surface area (Å²) < 4.78 is 13.0. The summed E-state index contributed by atoms with van der Waals surface area (Å²) in [5.74, 6) is 1.43. The highest BCUT2D eigenvalue weighted by Gasteiger charge is 2.34. The monoisotopic (exact) mass is 530 g/mol. The van der Waals surface area contributed by atoms with Crippen LogP contribution >= 0.6 is 15.9 Å². The molecule has 0 aliphatic carbocycles. The normalized spacial score (nSPS) is 22.5. The molecule has 0 spiro atoms. The van der Waals surface area contributed by atoms with Crippen molar-refractivity contribution in [2.75, 3.05) is 51.3 Å². The molecule has 1 N–H and O–H groups in total. The molecule has 2 atom stereocenters. The van der Waals surface area contributed by atoms with Gasteiger partial charge in [0.1, 0.15) is 18.2 Å². The summed E-state index contributed by atoms with van der Waals surface area (Å²) in [5.41, 5.74) is 1.79. The molecule has 2 fully saturated rings. The van der Waals surface area contributed by atoms with E-state index in [1.807, 2.05) is 11.0 Å².